The lowest BCUT2D eigenvalue weighted by molar-refractivity contribution is -0.0520. The minimum absolute atomic E-state index is 0.132. The number of ether oxygens (including phenoxy) is 1. The summed E-state index contributed by atoms with van der Waals surface area (Å²) in [6, 6.07) is 21.9. The predicted molar refractivity (Wildman–Crippen MR) is 101 cm³/mol. The number of hydrogen-bond acceptors (Lipinski definition) is 4. The highest BCUT2D eigenvalue weighted by atomic mass is 16.5. The summed E-state index contributed by atoms with van der Waals surface area (Å²) in [5, 5.41) is 4.21. The van der Waals surface area contributed by atoms with Crippen molar-refractivity contribution < 1.29 is 4.74 Å². The van der Waals surface area contributed by atoms with Gasteiger partial charge in [0.15, 0.2) is 0 Å². The summed E-state index contributed by atoms with van der Waals surface area (Å²) in [5.74, 6) is 0. The number of rotatable bonds is 6. The smallest absolute Gasteiger partial charge is 0.137 e. The Morgan fingerprint density at radius 1 is 1.04 bits per heavy atom. The first kappa shape index (κ1) is 16.9. The van der Waals surface area contributed by atoms with E-state index in [9.17, 15) is 0 Å². The molecule has 0 unspecified atom stereocenters. The standard InChI is InChI=1S/C21H24N4O/c1-3-7-18(8-4-1)13-21(19-9-5-2-6-10-19)24-11-12-26-20(14-24)15-25-17-22-16-23-25/h1-10,16-17,20-21H,11-15H2/t20-,21+/m1/s1. The zero-order valence-electron chi connectivity index (χ0n) is 14.8. The normalized spacial score (nSPS) is 19.3. The summed E-state index contributed by atoms with van der Waals surface area (Å²) >= 11 is 0. The molecule has 0 amide bonds. The Kier molecular flexibility index (Phi) is 5.38. The number of hydrogen-bond donors (Lipinski definition) is 0. The molecular weight excluding hydrogens is 324 g/mol. The molecule has 2 aromatic carbocycles. The van der Waals surface area contributed by atoms with Gasteiger partial charge >= 0.3 is 0 Å². The Morgan fingerprint density at radius 2 is 1.81 bits per heavy atom. The quantitative estimate of drug-likeness (QED) is 0.687. The summed E-state index contributed by atoms with van der Waals surface area (Å²) in [4.78, 5) is 6.58. The molecule has 1 aliphatic heterocycles. The van der Waals surface area contributed by atoms with E-state index in [2.05, 4.69) is 75.6 Å². The average Bonchev–Trinajstić information content (AvgIpc) is 3.21. The molecule has 1 aromatic heterocycles. The molecule has 2 heterocycles. The maximum absolute atomic E-state index is 5.99. The van der Waals surface area contributed by atoms with Crippen molar-refractivity contribution in [2.45, 2.75) is 25.1 Å². The number of benzene rings is 2. The first-order valence-electron chi connectivity index (χ1n) is 9.15. The molecule has 0 N–H and O–H groups in total. The highest BCUT2D eigenvalue weighted by molar-refractivity contribution is 5.24. The second kappa shape index (κ2) is 8.25. The summed E-state index contributed by atoms with van der Waals surface area (Å²) in [6.07, 6.45) is 4.46. The second-order valence-electron chi connectivity index (χ2n) is 6.72. The SMILES string of the molecule is c1ccc(C[C@@H](c2ccccc2)N2CCO[C@@H](Cn3cncn3)C2)cc1. The van der Waals surface area contributed by atoms with Gasteiger partial charge in [-0.1, -0.05) is 60.7 Å². The Hall–Kier alpha value is -2.50. The maximum atomic E-state index is 5.99. The van der Waals surface area contributed by atoms with Crippen molar-refractivity contribution in [3.63, 3.8) is 0 Å². The van der Waals surface area contributed by atoms with E-state index in [4.69, 9.17) is 4.74 Å². The van der Waals surface area contributed by atoms with Crippen LogP contribution in [0.1, 0.15) is 17.2 Å². The molecule has 2 atom stereocenters. The van der Waals surface area contributed by atoms with E-state index in [1.54, 1.807) is 12.7 Å². The molecule has 0 spiro atoms. The van der Waals surface area contributed by atoms with Gasteiger partial charge < -0.3 is 4.74 Å². The van der Waals surface area contributed by atoms with Gasteiger partial charge in [-0.15, -0.1) is 0 Å². The molecule has 3 aromatic rings. The van der Waals surface area contributed by atoms with Gasteiger partial charge in [0.05, 0.1) is 19.3 Å². The minimum Gasteiger partial charge on any atom is -0.374 e. The molecule has 4 rings (SSSR count). The van der Waals surface area contributed by atoms with Crippen LogP contribution in [0.2, 0.25) is 0 Å². The summed E-state index contributed by atoms with van der Waals surface area (Å²) < 4.78 is 7.84. The van der Waals surface area contributed by atoms with E-state index >= 15 is 0 Å². The van der Waals surface area contributed by atoms with Crippen LogP contribution in [-0.4, -0.2) is 45.5 Å². The van der Waals surface area contributed by atoms with Gasteiger partial charge in [0.1, 0.15) is 12.7 Å². The van der Waals surface area contributed by atoms with E-state index in [-0.39, 0.29) is 6.10 Å². The minimum atomic E-state index is 0.132. The third-order valence-electron chi connectivity index (χ3n) is 4.92. The molecule has 0 aliphatic carbocycles. The highest BCUT2D eigenvalue weighted by Crippen LogP contribution is 2.27. The third kappa shape index (κ3) is 4.18. The highest BCUT2D eigenvalue weighted by Gasteiger charge is 2.28. The van der Waals surface area contributed by atoms with Crippen molar-refractivity contribution in [3.05, 3.63) is 84.4 Å². The van der Waals surface area contributed by atoms with Crippen LogP contribution in [0.25, 0.3) is 0 Å². The van der Waals surface area contributed by atoms with Crippen LogP contribution in [0.15, 0.2) is 73.3 Å². The maximum Gasteiger partial charge on any atom is 0.137 e. The molecular formula is C21H24N4O. The van der Waals surface area contributed by atoms with Crippen molar-refractivity contribution in [2.24, 2.45) is 0 Å². The first-order chi connectivity index (χ1) is 12.9. The second-order valence-corrected chi connectivity index (χ2v) is 6.72. The monoisotopic (exact) mass is 348 g/mol. The molecule has 5 heteroatoms. The van der Waals surface area contributed by atoms with Crippen molar-refractivity contribution in [3.8, 4) is 0 Å². The van der Waals surface area contributed by atoms with Crippen molar-refractivity contribution in [1.29, 1.82) is 0 Å². The zero-order valence-corrected chi connectivity index (χ0v) is 14.8. The molecule has 1 saturated heterocycles. The van der Waals surface area contributed by atoms with E-state index in [0.29, 0.717) is 6.04 Å². The lowest BCUT2D eigenvalue weighted by Gasteiger charge is -2.38. The van der Waals surface area contributed by atoms with Crippen LogP contribution in [0.3, 0.4) is 0 Å². The van der Waals surface area contributed by atoms with Crippen LogP contribution < -0.4 is 0 Å². The summed E-state index contributed by atoms with van der Waals surface area (Å²) in [7, 11) is 0. The van der Waals surface area contributed by atoms with Crippen LogP contribution in [0.5, 0.6) is 0 Å². The molecule has 1 fully saturated rings. The Morgan fingerprint density at radius 3 is 2.54 bits per heavy atom. The van der Waals surface area contributed by atoms with Gasteiger partial charge in [-0.25, -0.2) is 4.98 Å². The molecule has 26 heavy (non-hydrogen) atoms. The van der Waals surface area contributed by atoms with Crippen molar-refractivity contribution in [2.75, 3.05) is 19.7 Å². The van der Waals surface area contributed by atoms with E-state index in [0.717, 1.165) is 32.7 Å². The largest absolute Gasteiger partial charge is 0.374 e. The van der Waals surface area contributed by atoms with Crippen LogP contribution in [0, 0.1) is 0 Å². The lowest BCUT2D eigenvalue weighted by atomic mass is 9.96. The molecule has 5 nitrogen and oxygen atoms in total. The van der Waals surface area contributed by atoms with E-state index in [1.807, 2.05) is 4.68 Å². The van der Waals surface area contributed by atoms with Gasteiger partial charge in [0, 0.05) is 19.1 Å². The lowest BCUT2D eigenvalue weighted by Crippen LogP contribution is -2.46. The molecule has 0 saturated carbocycles. The van der Waals surface area contributed by atoms with Gasteiger partial charge in [-0.05, 0) is 17.5 Å². The fourth-order valence-corrected chi connectivity index (χ4v) is 3.64. The van der Waals surface area contributed by atoms with Crippen molar-refractivity contribution in [1.82, 2.24) is 19.7 Å². The summed E-state index contributed by atoms with van der Waals surface area (Å²) in [6.45, 7) is 3.33. The molecule has 1 aliphatic rings. The first-order valence-corrected chi connectivity index (χ1v) is 9.15. The average molecular weight is 348 g/mol. The van der Waals surface area contributed by atoms with E-state index in [1.165, 1.54) is 11.1 Å². The summed E-state index contributed by atoms with van der Waals surface area (Å²) in [5.41, 5.74) is 2.72. The molecule has 0 radical (unpaired) electrons. The Balaban J connectivity index is 1.52. The topological polar surface area (TPSA) is 43.2 Å². The molecule has 0 bridgehead atoms. The van der Waals surface area contributed by atoms with Crippen LogP contribution in [-0.2, 0) is 17.7 Å². The van der Waals surface area contributed by atoms with Crippen LogP contribution in [0.4, 0.5) is 0 Å². The number of nitrogens with zero attached hydrogens (tertiary/aromatic N) is 4. The van der Waals surface area contributed by atoms with Crippen LogP contribution >= 0.6 is 0 Å². The van der Waals surface area contributed by atoms with E-state index < -0.39 is 0 Å². The van der Waals surface area contributed by atoms with Gasteiger partial charge in [0.25, 0.3) is 0 Å². The molecule has 134 valence electrons. The predicted octanol–water partition coefficient (Wildman–Crippen LogP) is 2.96. The number of aromatic nitrogens is 3. The Labute approximate surface area is 154 Å². The fourth-order valence-electron chi connectivity index (χ4n) is 3.64. The number of morpholine rings is 1. The van der Waals surface area contributed by atoms with Crippen molar-refractivity contribution >= 4 is 0 Å². The van der Waals surface area contributed by atoms with Gasteiger partial charge in [0.2, 0.25) is 0 Å². The third-order valence-corrected chi connectivity index (χ3v) is 4.92. The van der Waals surface area contributed by atoms with Gasteiger partial charge in [-0.3, -0.25) is 9.58 Å². The Bertz CT molecular complexity index is 776. The zero-order chi connectivity index (χ0) is 17.6. The fraction of sp³-hybridized carbons (Fsp3) is 0.333. The van der Waals surface area contributed by atoms with Gasteiger partial charge in [-0.2, -0.15) is 5.10 Å².